The molecule has 0 N–H and O–H groups in total. The van der Waals surface area contributed by atoms with Crippen molar-refractivity contribution in [1.29, 1.82) is 0 Å². The molecule has 188 valence electrons. The molecule has 2 aliphatic rings. The van der Waals surface area contributed by atoms with E-state index in [1.54, 1.807) is 12.0 Å². The molecule has 4 rings (SSSR count). The van der Waals surface area contributed by atoms with Gasteiger partial charge in [0.05, 0.1) is 18.2 Å². The van der Waals surface area contributed by atoms with Gasteiger partial charge in [-0.25, -0.2) is 9.80 Å². The summed E-state index contributed by atoms with van der Waals surface area (Å²) in [6.07, 6.45) is 3.33. The van der Waals surface area contributed by atoms with E-state index < -0.39 is 12.1 Å². The van der Waals surface area contributed by atoms with Crippen LogP contribution >= 0.6 is 0 Å². The van der Waals surface area contributed by atoms with E-state index in [4.69, 9.17) is 9.47 Å². The summed E-state index contributed by atoms with van der Waals surface area (Å²) in [7, 11) is 1.77. The first-order valence-electron chi connectivity index (χ1n) is 12.7. The lowest BCUT2D eigenvalue weighted by atomic mass is 9.87. The third kappa shape index (κ3) is 5.21. The topological polar surface area (TPSA) is 62.3 Å². The predicted molar refractivity (Wildman–Crippen MR) is 134 cm³/mol. The van der Waals surface area contributed by atoms with Crippen molar-refractivity contribution >= 4 is 12.0 Å². The summed E-state index contributed by atoms with van der Waals surface area (Å²) in [5, 5.41) is 4.01. The van der Waals surface area contributed by atoms with Gasteiger partial charge in [0, 0.05) is 20.2 Å². The van der Waals surface area contributed by atoms with Gasteiger partial charge in [-0.1, -0.05) is 74.5 Å². The van der Waals surface area contributed by atoms with Crippen molar-refractivity contribution in [2.45, 2.75) is 70.4 Å². The van der Waals surface area contributed by atoms with Crippen LogP contribution in [0.4, 0.5) is 4.79 Å². The second-order valence-corrected chi connectivity index (χ2v) is 9.39. The number of hydrogen-bond acceptors (Lipinski definition) is 5. The summed E-state index contributed by atoms with van der Waals surface area (Å²) >= 11 is 0. The van der Waals surface area contributed by atoms with Crippen molar-refractivity contribution in [2.75, 3.05) is 20.2 Å². The molecule has 7 heteroatoms. The maximum Gasteiger partial charge on any atom is 0.411 e. The van der Waals surface area contributed by atoms with Gasteiger partial charge in [-0.05, 0) is 36.8 Å². The SMILES string of the molecule is CCC(CC)(OC)[C@@H]1CCCN1N1C[C@@H](N(Cc2ccccc2)C(=O)OCc2ccccc2)C1=O. The van der Waals surface area contributed by atoms with E-state index >= 15 is 0 Å². The van der Waals surface area contributed by atoms with Gasteiger partial charge in [-0.15, -0.1) is 0 Å². The van der Waals surface area contributed by atoms with Gasteiger partial charge in [0.15, 0.2) is 0 Å². The molecule has 0 spiro atoms. The molecule has 35 heavy (non-hydrogen) atoms. The molecular formula is C28H37N3O4. The van der Waals surface area contributed by atoms with Crippen LogP contribution in [0.1, 0.15) is 50.7 Å². The molecule has 2 fully saturated rings. The second-order valence-electron chi connectivity index (χ2n) is 9.39. The van der Waals surface area contributed by atoms with E-state index in [0.29, 0.717) is 13.1 Å². The smallest absolute Gasteiger partial charge is 0.411 e. The number of hydrogen-bond donors (Lipinski definition) is 0. The van der Waals surface area contributed by atoms with Crippen LogP contribution in [0.25, 0.3) is 0 Å². The van der Waals surface area contributed by atoms with Crippen LogP contribution in [-0.4, -0.2) is 64.8 Å². The Balaban J connectivity index is 1.48. The zero-order valence-corrected chi connectivity index (χ0v) is 21.1. The zero-order chi connectivity index (χ0) is 24.8. The van der Waals surface area contributed by atoms with Crippen molar-refractivity contribution in [3.63, 3.8) is 0 Å². The molecule has 2 aliphatic heterocycles. The Morgan fingerprint density at radius 1 is 1.03 bits per heavy atom. The Hall–Kier alpha value is -2.90. The van der Waals surface area contributed by atoms with Gasteiger partial charge in [-0.2, -0.15) is 0 Å². The van der Waals surface area contributed by atoms with Crippen LogP contribution in [0, 0.1) is 0 Å². The number of carbonyl (C=O) groups is 2. The Kier molecular flexibility index (Phi) is 8.08. The normalized spacial score (nSPS) is 20.5. The van der Waals surface area contributed by atoms with Gasteiger partial charge < -0.3 is 9.47 Å². The highest BCUT2D eigenvalue weighted by Crippen LogP contribution is 2.37. The number of β-lactam (4-membered cyclic amide) rings is 1. The molecule has 2 aromatic rings. The summed E-state index contributed by atoms with van der Waals surface area (Å²) in [5.41, 5.74) is 1.60. The van der Waals surface area contributed by atoms with E-state index in [2.05, 4.69) is 18.9 Å². The summed E-state index contributed by atoms with van der Waals surface area (Å²) < 4.78 is 11.6. The van der Waals surface area contributed by atoms with Crippen molar-refractivity contribution in [3.05, 3.63) is 71.8 Å². The van der Waals surface area contributed by atoms with E-state index in [9.17, 15) is 9.59 Å². The molecule has 0 aliphatic carbocycles. The predicted octanol–water partition coefficient (Wildman–Crippen LogP) is 4.62. The lowest BCUT2D eigenvalue weighted by molar-refractivity contribution is -0.194. The van der Waals surface area contributed by atoms with Gasteiger partial charge in [-0.3, -0.25) is 14.7 Å². The first-order valence-corrected chi connectivity index (χ1v) is 12.7. The lowest BCUT2D eigenvalue weighted by Gasteiger charge is -2.52. The molecule has 2 atom stereocenters. The van der Waals surface area contributed by atoms with Gasteiger partial charge in [0.1, 0.15) is 12.6 Å². The van der Waals surface area contributed by atoms with Crippen LogP contribution < -0.4 is 0 Å². The van der Waals surface area contributed by atoms with E-state index in [1.165, 1.54) is 0 Å². The van der Waals surface area contributed by atoms with Gasteiger partial charge in [0.2, 0.25) is 0 Å². The average molecular weight is 480 g/mol. The number of amides is 2. The maximum atomic E-state index is 13.5. The van der Waals surface area contributed by atoms with Crippen LogP contribution in [0.5, 0.6) is 0 Å². The minimum Gasteiger partial charge on any atom is -0.445 e. The second kappa shape index (κ2) is 11.2. The number of nitrogens with zero attached hydrogens (tertiary/aromatic N) is 3. The average Bonchev–Trinajstić information content (AvgIpc) is 3.38. The molecule has 0 bridgehead atoms. The van der Waals surface area contributed by atoms with Crippen LogP contribution in [0.3, 0.4) is 0 Å². The third-order valence-electron chi connectivity index (χ3n) is 7.64. The fraction of sp³-hybridized carbons (Fsp3) is 0.500. The number of methoxy groups -OCH3 is 1. The molecule has 0 saturated carbocycles. The number of hydrazine groups is 1. The van der Waals surface area contributed by atoms with Crippen molar-refractivity contribution < 1.29 is 19.1 Å². The van der Waals surface area contributed by atoms with Crippen molar-refractivity contribution in [2.24, 2.45) is 0 Å². The molecule has 7 nitrogen and oxygen atoms in total. The van der Waals surface area contributed by atoms with E-state index in [1.807, 2.05) is 65.7 Å². The number of carbonyl (C=O) groups excluding carboxylic acids is 2. The molecule has 2 amide bonds. The van der Waals surface area contributed by atoms with Crippen LogP contribution in [0.2, 0.25) is 0 Å². The van der Waals surface area contributed by atoms with Crippen molar-refractivity contribution in [1.82, 2.24) is 14.9 Å². The first-order chi connectivity index (χ1) is 17.0. The Bertz CT molecular complexity index is 972. The minimum absolute atomic E-state index is 0.0540. The molecule has 0 unspecified atom stereocenters. The maximum absolute atomic E-state index is 13.5. The Morgan fingerprint density at radius 2 is 1.66 bits per heavy atom. The Morgan fingerprint density at radius 3 is 2.23 bits per heavy atom. The van der Waals surface area contributed by atoms with Crippen LogP contribution in [-0.2, 0) is 27.4 Å². The number of ether oxygens (including phenoxy) is 2. The molecular weight excluding hydrogens is 442 g/mol. The third-order valence-corrected chi connectivity index (χ3v) is 7.64. The minimum atomic E-state index is -0.542. The summed E-state index contributed by atoms with van der Waals surface area (Å²) in [5.74, 6) is -0.0540. The highest BCUT2D eigenvalue weighted by atomic mass is 16.6. The van der Waals surface area contributed by atoms with E-state index in [0.717, 1.165) is 43.4 Å². The Labute approximate surface area is 208 Å². The quantitative estimate of drug-likeness (QED) is 0.466. The van der Waals surface area contributed by atoms with Gasteiger partial charge in [0.25, 0.3) is 5.91 Å². The van der Waals surface area contributed by atoms with Gasteiger partial charge >= 0.3 is 6.09 Å². The van der Waals surface area contributed by atoms with Crippen molar-refractivity contribution in [3.8, 4) is 0 Å². The monoisotopic (exact) mass is 479 g/mol. The highest BCUT2D eigenvalue weighted by Gasteiger charge is 2.52. The lowest BCUT2D eigenvalue weighted by Crippen LogP contribution is -2.71. The summed E-state index contributed by atoms with van der Waals surface area (Å²) in [6, 6.07) is 18.9. The first kappa shape index (κ1) is 25.2. The molecule has 2 heterocycles. The fourth-order valence-corrected chi connectivity index (χ4v) is 5.46. The fourth-order valence-electron chi connectivity index (χ4n) is 5.46. The highest BCUT2D eigenvalue weighted by molar-refractivity contribution is 5.90. The van der Waals surface area contributed by atoms with E-state index in [-0.39, 0.29) is 24.2 Å². The molecule has 2 aromatic carbocycles. The van der Waals surface area contributed by atoms with Crippen LogP contribution in [0.15, 0.2) is 60.7 Å². The summed E-state index contributed by atoms with van der Waals surface area (Å²) in [6.45, 7) is 6.09. The largest absolute Gasteiger partial charge is 0.445 e. The molecule has 0 radical (unpaired) electrons. The molecule has 0 aromatic heterocycles. The summed E-state index contributed by atoms with van der Waals surface area (Å²) in [4.78, 5) is 28.3. The number of rotatable bonds is 10. The molecule has 2 saturated heterocycles. The standard InChI is InChI=1S/C28H37N3O4/c1-4-28(5-2,34-3)25-17-12-18-30(25)31-20-24(26(31)32)29(19-22-13-8-6-9-14-22)27(33)35-21-23-15-10-7-11-16-23/h6-11,13-16,24-25H,4-5,12,17-21H2,1-3H3/t24-,25+/m1/s1. The number of benzene rings is 2. The zero-order valence-electron chi connectivity index (χ0n) is 21.1.